The molecule has 2 unspecified atom stereocenters. The van der Waals surface area contributed by atoms with Gasteiger partial charge in [-0.05, 0) is 72.4 Å². The molecule has 0 bridgehead atoms. The number of carbonyl (C=O) groups is 3. The second-order valence-electron chi connectivity index (χ2n) is 11.0. The van der Waals surface area contributed by atoms with E-state index in [1.54, 1.807) is 25.7 Å². The van der Waals surface area contributed by atoms with Gasteiger partial charge >= 0.3 is 6.09 Å². The zero-order chi connectivity index (χ0) is 27.7. The highest BCUT2D eigenvalue weighted by molar-refractivity contribution is 7.80. The van der Waals surface area contributed by atoms with Crippen LogP contribution in [0.1, 0.15) is 96.9 Å². The number of ether oxygens (including phenoxy) is 1. The number of alkyl carbamates (subject to hydrolysis) is 1. The number of rotatable bonds is 12. The van der Waals surface area contributed by atoms with Crippen LogP contribution in [0.5, 0.6) is 0 Å². The van der Waals surface area contributed by atoms with Crippen molar-refractivity contribution in [2.45, 2.75) is 111 Å². The first-order valence-corrected chi connectivity index (χ1v) is 13.6. The van der Waals surface area contributed by atoms with E-state index in [9.17, 15) is 14.4 Å². The molecule has 0 aliphatic heterocycles. The largest absolute Gasteiger partial charge is 0.444 e. The quantitative estimate of drug-likeness (QED) is 0.251. The first-order valence-electron chi connectivity index (χ1n) is 13.0. The predicted octanol–water partition coefficient (Wildman–Crippen LogP) is 5.49. The number of hydrogen-bond acceptors (Lipinski definition) is 5. The number of nitrogens with one attached hydrogen (secondary N) is 2. The smallest absolute Gasteiger partial charge is 0.408 e. The molecule has 0 aromatic heterocycles. The van der Waals surface area contributed by atoms with Gasteiger partial charge in [-0.3, -0.25) is 9.59 Å². The van der Waals surface area contributed by atoms with Gasteiger partial charge in [0.2, 0.25) is 11.8 Å². The number of benzene rings is 1. The Morgan fingerprint density at radius 3 is 2.22 bits per heavy atom. The van der Waals surface area contributed by atoms with Crippen molar-refractivity contribution in [3.8, 4) is 0 Å². The molecule has 1 aromatic carbocycles. The van der Waals surface area contributed by atoms with Gasteiger partial charge in [-0.25, -0.2) is 4.79 Å². The summed E-state index contributed by atoms with van der Waals surface area (Å²) in [6.45, 7) is 17.7. The van der Waals surface area contributed by atoms with Crippen LogP contribution in [-0.4, -0.2) is 52.3 Å². The molecule has 0 fully saturated rings. The SMILES string of the molecule is CCCCCNC(=O)C(c1cc(C)ccc1C)N(C(=O)C(CS)NC(=O)OC(C)(C)C)C(C)(C)CC. The molecule has 2 atom stereocenters. The van der Waals surface area contributed by atoms with Crippen LogP contribution in [0.15, 0.2) is 18.2 Å². The Labute approximate surface area is 223 Å². The van der Waals surface area contributed by atoms with Gasteiger partial charge in [0, 0.05) is 17.8 Å². The van der Waals surface area contributed by atoms with E-state index in [1.807, 2.05) is 52.8 Å². The summed E-state index contributed by atoms with van der Waals surface area (Å²) < 4.78 is 5.38. The third kappa shape index (κ3) is 9.34. The molecule has 2 N–H and O–H groups in total. The number of hydrogen-bond donors (Lipinski definition) is 3. The van der Waals surface area contributed by atoms with Crippen molar-refractivity contribution in [3.05, 3.63) is 34.9 Å². The lowest BCUT2D eigenvalue weighted by molar-refractivity contribution is -0.148. The summed E-state index contributed by atoms with van der Waals surface area (Å²) in [5.74, 6) is -0.548. The standard InChI is InChI=1S/C28H47N3O4S/c1-10-12-13-16-29-24(32)23(21-17-19(3)14-15-20(21)4)31(28(8,9)11-2)25(33)22(18-36)30-26(34)35-27(5,6)7/h14-15,17,22-23,36H,10-13,16,18H2,1-9H3,(H,29,32)(H,30,34). The van der Waals surface area contributed by atoms with Gasteiger partial charge in [0.25, 0.3) is 0 Å². The van der Waals surface area contributed by atoms with Gasteiger partial charge in [-0.15, -0.1) is 0 Å². The minimum Gasteiger partial charge on any atom is -0.444 e. The Morgan fingerprint density at radius 1 is 1.06 bits per heavy atom. The van der Waals surface area contributed by atoms with E-state index < -0.39 is 29.3 Å². The summed E-state index contributed by atoms with van der Waals surface area (Å²) in [5, 5.41) is 5.73. The summed E-state index contributed by atoms with van der Waals surface area (Å²) in [7, 11) is 0. The van der Waals surface area contributed by atoms with Crippen molar-refractivity contribution in [2.75, 3.05) is 12.3 Å². The molecule has 0 aliphatic rings. The molecule has 0 saturated heterocycles. The average Bonchev–Trinajstić information content (AvgIpc) is 2.78. The molecule has 8 heteroatoms. The topological polar surface area (TPSA) is 87.7 Å². The summed E-state index contributed by atoms with van der Waals surface area (Å²) in [6, 6.07) is 4.10. The van der Waals surface area contributed by atoms with Crippen LogP contribution in [-0.2, 0) is 14.3 Å². The van der Waals surface area contributed by atoms with E-state index >= 15 is 0 Å². The lowest BCUT2D eigenvalue weighted by Crippen LogP contribution is -2.60. The van der Waals surface area contributed by atoms with E-state index in [-0.39, 0.29) is 17.6 Å². The lowest BCUT2D eigenvalue weighted by Gasteiger charge is -2.45. The van der Waals surface area contributed by atoms with Crippen molar-refractivity contribution in [1.82, 2.24) is 15.5 Å². The predicted molar refractivity (Wildman–Crippen MR) is 149 cm³/mol. The lowest BCUT2D eigenvalue weighted by atomic mass is 9.90. The van der Waals surface area contributed by atoms with E-state index in [4.69, 9.17) is 4.74 Å². The minimum atomic E-state index is -0.963. The molecule has 0 aliphatic carbocycles. The normalized spacial score (nSPS) is 13.5. The molecular weight excluding hydrogens is 474 g/mol. The van der Waals surface area contributed by atoms with E-state index in [0.717, 1.165) is 36.0 Å². The Morgan fingerprint density at radius 2 is 1.69 bits per heavy atom. The molecule has 0 radical (unpaired) electrons. The fourth-order valence-corrected chi connectivity index (χ4v) is 4.13. The fourth-order valence-electron chi connectivity index (χ4n) is 3.88. The third-order valence-electron chi connectivity index (χ3n) is 6.24. The maximum atomic E-state index is 14.1. The van der Waals surface area contributed by atoms with Crippen molar-refractivity contribution in [2.24, 2.45) is 0 Å². The van der Waals surface area contributed by atoms with Gasteiger partial charge in [-0.2, -0.15) is 12.6 Å². The zero-order valence-electron chi connectivity index (χ0n) is 23.7. The van der Waals surface area contributed by atoms with Crippen molar-refractivity contribution in [1.29, 1.82) is 0 Å². The summed E-state index contributed by atoms with van der Waals surface area (Å²) in [6.07, 6.45) is 2.83. The molecule has 36 heavy (non-hydrogen) atoms. The summed E-state index contributed by atoms with van der Waals surface area (Å²) in [4.78, 5) is 42.0. The highest BCUT2D eigenvalue weighted by atomic mass is 32.1. The Balaban J connectivity index is 3.55. The van der Waals surface area contributed by atoms with E-state index in [1.165, 1.54) is 0 Å². The van der Waals surface area contributed by atoms with Crippen LogP contribution in [0.3, 0.4) is 0 Å². The molecule has 3 amide bonds. The van der Waals surface area contributed by atoms with Gasteiger partial charge in [0.05, 0.1) is 0 Å². The number of amides is 3. The number of unbranched alkanes of at least 4 members (excludes halogenated alkanes) is 2. The van der Waals surface area contributed by atoms with Crippen molar-refractivity contribution < 1.29 is 19.1 Å². The Bertz CT molecular complexity index is 895. The molecule has 7 nitrogen and oxygen atoms in total. The molecular formula is C28H47N3O4S. The molecule has 0 heterocycles. The molecule has 0 spiro atoms. The van der Waals surface area contributed by atoms with Crippen LogP contribution in [0.4, 0.5) is 4.79 Å². The van der Waals surface area contributed by atoms with E-state index in [0.29, 0.717) is 13.0 Å². The second kappa shape index (κ2) is 13.9. The van der Waals surface area contributed by atoms with Crippen molar-refractivity contribution in [3.63, 3.8) is 0 Å². The van der Waals surface area contributed by atoms with Crippen LogP contribution in [0.25, 0.3) is 0 Å². The van der Waals surface area contributed by atoms with E-state index in [2.05, 4.69) is 30.2 Å². The second-order valence-corrected chi connectivity index (χ2v) is 11.4. The maximum absolute atomic E-state index is 14.1. The minimum absolute atomic E-state index is 0.0615. The number of nitrogens with zero attached hydrogens (tertiary/aromatic N) is 1. The monoisotopic (exact) mass is 521 g/mol. The van der Waals surface area contributed by atoms with Gasteiger partial charge < -0.3 is 20.3 Å². The number of thiol groups is 1. The molecule has 1 rings (SSSR count). The highest BCUT2D eigenvalue weighted by Gasteiger charge is 2.43. The van der Waals surface area contributed by atoms with Gasteiger partial charge in [-0.1, -0.05) is 50.5 Å². The Hall–Kier alpha value is -2.22. The summed E-state index contributed by atoms with van der Waals surface area (Å²) >= 11 is 4.37. The maximum Gasteiger partial charge on any atom is 0.408 e. The first-order chi connectivity index (χ1) is 16.7. The van der Waals surface area contributed by atoms with Crippen molar-refractivity contribution >= 4 is 30.5 Å². The van der Waals surface area contributed by atoms with Crippen LogP contribution >= 0.6 is 12.6 Å². The molecule has 204 valence electrons. The van der Waals surface area contributed by atoms with Crippen LogP contribution < -0.4 is 10.6 Å². The third-order valence-corrected chi connectivity index (χ3v) is 6.61. The summed E-state index contributed by atoms with van der Waals surface area (Å²) in [5.41, 5.74) is 1.29. The highest BCUT2D eigenvalue weighted by Crippen LogP contribution is 2.34. The molecule has 1 aromatic rings. The fraction of sp³-hybridized carbons (Fsp3) is 0.679. The zero-order valence-corrected chi connectivity index (χ0v) is 24.6. The Kier molecular flexibility index (Phi) is 12.3. The molecule has 0 saturated carbocycles. The van der Waals surface area contributed by atoms with Crippen LogP contribution in [0.2, 0.25) is 0 Å². The average molecular weight is 522 g/mol. The number of aryl methyl sites for hydroxylation is 2. The van der Waals surface area contributed by atoms with Crippen LogP contribution in [0, 0.1) is 13.8 Å². The number of carbonyl (C=O) groups excluding carboxylic acids is 3. The van der Waals surface area contributed by atoms with Gasteiger partial charge in [0.15, 0.2) is 0 Å². The first kappa shape index (κ1) is 31.8. The van der Waals surface area contributed by atoms with Gasteiger partial charge in [0.1, 0.15) is 17.7 Å².